The number of halogens is 1. The molecule has 0 saturated heterocycles. The molecule has 8 heteroatoms. The van der Waals surface area contributed by atoms with Gasteiger partial charge in [-0.05, 0) is 60.7 Å². The van der Waals surface area contributed by atoms with E-state index in [1.807, 2.05) is 0 Å². The Morgan fingerprint density at radius 2 is 1.89 bits per heavy atom. The van der Waals surface area contributed by atoms with Crippen molar-refractivity contribution in [3.05, 3.63) is 58.6 Å². The van der Waals surface area contributed by atoms with Gasteiger partial charge in [0.15, 0.2) is 0 Å². The number of aryl methyl sites for hydroxylation is 2. The van der Waals surface area contributed by atoms with E-state index in [-0.39, 0.29) is 23.9 Å². The fraction of sp³-hybridized carbons (Fsp3) is 0.316. The van der Waals surface area contributed by atoms with Gasteiger partial charge in [0.25, 0.3) is 0 Å². The highest BCUT2D eigenvalue weighted by Gasteiger charge is 2.14. The lowest BCUT2D eigenvalue weighted by atomic mass is 10.1. The summed E-state index contributed by atoms with van der Waals surface area (Å²) in [6.07, 6.45) is 3.46. The first-order chi connectivity index (χ1) is 12.9. The molecule has 1 aliphatic carbocycles. The second-order valence-electron chi connectivity index (χ2n) is 6.28. The number of nitrogens with one attached hydrogen (secondary N) is 2. The Balaban J connectivity index is 1.39. The molecule has 0 radical (unpaired) electrons. The quantitative estimate of drug-likeness (QED) is 0.504. The van der Waals surface area contributed by atoms with Gasteiger partial charge in [-0.3, -0.25) is 4.79 Å². The topological polar surface area (TPSA) is 75.3 Å². The largest absolute Gasteiger partial charge is 0.354 e. The number of carbonyl (C=O) groups is 1. The molecule has 2 N–H and O–H groups in total. The van der Waals surface area contributed by atoms with E-state index >= 15 is 0 Å². The zero-order chi connectivity index (χ0) is 19.3. The van der Waals surface area contributed by atoms with Crippen molar-refractivity contribution in [2.75, 3.05) is 18.8 Å². The Labute approximate surface area is 168 Å². The van der Waals surface area contributed by atoms with Crippen LogP contribution in [0.4, 0.5) is 0 Å². The molecule has 0 bridgehead atoms. The Hall–Kier alpha value is -1.54. The molecule has 0 unspecified atom stereocenters. The third-order valence-electron chi connectivity index (χ3n) is 4.29. The van der Waals surface area contributed by atoms with Crippen LogP contribution >= 0.6 is 23.4 Å². The van der Waals surface area contributed by atoms with Crippen LogP contribution in [-0.2, 0) is 27.7 Å². The van der Waals surface area contributed by atoms with Crippen molar-refractivity contribution < 1.29 is 13.2 Å². The van der Waals surface area contributed by atoms with Gasteiger partial charge in [0.2, 0.25) is 15.9 Å². The van der Waals surface area contributed by atoms with Crippen LogP contribution in [0.5, 0.6) is 0 Å². The number of benzene rings is 2. The molecule has 0 saturated carbocycles. The summed E-state index contributed by atoms with van der Waals surface area (Å²) in [5.41, 5.74) is 2.80. The third kappa shape index (κ3) is 5.72. The molecular formula is C19H21ClN2O3S2. The van der Waals surface area contributed by atoms with Crippen molar-refractivity contribution in [1.82, 2.24) is 10.0 Å². The van der Waals surface area contributed by atoms with Crippen LogP contribution < -0.4 is 10.0 Å². The van der Waals surface area contributed by atoms with Crippen molar-refractivity contribution in [3.63, 3.8) is 0 Å². The van der Waals surface area contributed by atoms with Crippen LogP contribution in [0.15, 0.2) is 52.3 Å². The summed E-state index contributed by atoms with van der Waals surface area (Å²) in [5.74, 6) is 0.183. The molecule has 27 heavy (non-hydrogen) atoms. The molecule has 2 aromatic rings. The number of thioether (sulfide) groups is 1. The van der Waals surface area contributed by atoms with Crippen LogP contribution in [0.1, 0.15) is 17.5 Å². The van der Waals surface area contributed by atoms with E-state index in [9.17, 15) is 13.2 Å². The van der Waals surface area contributed by atoms with Gasteiger partial charge in [0, 0.05) is 23.0 Å². The Morgan fingerprint density at radius 1 is 1.07 bits per heavy atom. The number of hydrogen-bond donors (Lipinski definition) is 2. The van der Waals surface area contributed by atoms with Crippen molar-refractivity contribution in [2.45, 2.75) is 29.1 Å². The maximum Gasteiger partial charge on any atom is 0.240 e. The maximum absolute atomic E-state index is 12.1. The number of carbonyl (C=O) groups excluding carboxylic acids is 1. The fourth-order valence-electron chi connectivity index (χ4n) is 2.94. The summed E-state index contributed by atoms with van der Waals surface area (Å²) in [6.45, 7) is 0.341. The van der Waals surface area contributed by atoms with E-state index in [4.69, 9.17) is 11.6 Å². The van der Waals surface area contributed by atoms with Crippen molar-refractivity contribution in [3.8, 4) is 0 Å². The lowest BCUT2D eigenvalue weighted by molar-refractivity contribution is -0.118. The van der Waals surface area contributed by atoms with Crippen LogP contribution in [-0.4, -0.2) is 33.2 Å². The Kier molecular flexibility index (Phi) is 6.81. The molecule has 1 aliphatic rings. The molecule has 0 atom stereocenters. The monoisotopic (exact) mass is 424 g/mol. The Bertz CT molecular complexity index is 932. The molecule has 0 spiro atoms. The lowest BCUT2D eigenvalue weighted by Crippen LogP contribution is -2.35. The average Bonchev–Trinajstić information content (AvgIpc) is 3.11. The standard InChI is InChI=1S/C19H21ClN2O3S2/c20-16-5-2-6-18(12-16)27(24,25)22-10-9-21-19(23)13-26-17-8-7-14-3-1-4-15(14)11-17/h2,5-8,11-12,22H,1,3-4,9-10,13H2,(H,21,23). The first kappa shape index (κ1) is 20.2. The molecule has 144 valence electrons. The first-order valence-electron chi connectivity index (χ1n) is 8.70. The smallest absolute Gasteiger partial charge is 0.240 e. The number of rotatable bonds is 8. The van der Waals surface area contributed by atoms with Gasteiger partial charge in [0.05, 0.1) is 10.6 Å². The highest BCUT2D eigenvalue weighted by Crippen LogP contribution is 2.27. The molecule has 1 amide bonds. The second-order valence-corrected chi connectivity index (χ2v) is 9.53. The van der Waals surface area contributed by atoms with E-state index in [2.05, 4.69) is 28.2 Å². The van der Waals surface area contributed by atoms with E-state index < -0.39 is 10.0 Å². The molecule has 0 heterocycles. The first-order valence-corrected chi connectivity index (χ1v) is 11.6. The fourth-order valence-corrected chi connectivity index (χ4v) is 5.06. The zero-order valence-electron chi connectivity index (χ0n) is 14.7. The zero-order valence-corrected chi connectivity index (χ0v) is 17.1. The van der Waals surface area contributed by atoms with Crippen molar-refractivity contribution in [1.29, 1.82) is 0 Å². The molecule has 0 aromatic heterocycles. The summed E-state index contributed by atoms with van der Waals surface area (Å²) in [7, 11) is -3.63. The van der Waals surface area contributed by atoms with Gasteiger partial charge in [0.1, 0.15) is 0 Å². The highest BCUT2D eigenvalue weighted by molar-refractivity contribution is 8.00. The molecule has 0 fully saturated rings. The van der Waals surface area contributed by atoms with Crippen LogP contribution in [0.3, 0.4) is 0 Å². The van der Waals surface area contributed by atoms with Gasteiger partial charge in [-0.2, -0.15) is 0 Å². The van der Waals surface area contributed by atoms with Crippen LogP contribution in [0.2, 0.25) is 5.02 Å². The summed E-state index contributed by atoms with van der Waals surface area (Å²) in [6, 6.07) is 12.4. The van der Waals surface area contributed by atoms with Gasteiger partial charge in [-0.1, -0.05) is 23.7 Å². The average molecular weight is 425 g/mol. The van der Waals surface area contributed by atoms with E-state index in [0.717, 1.165) is 17.7 Å². The minimum atomic E-state index is -3.63. The van der Waals surface area contributed by atoms with E-state index in [1.165, 1.54) is 41.4 Å². The highest BCUT2D eigenvalue weighted by atomic mass is 35.5. The van der Waals surface area contributed by atoms with E-state index in [1.54, 1.807) is 12.1 Å². The molecule has 3 rings (SSSR count). The van der Waals surface area contributed by atoms with Gasteiger partial charge < -0.3 is 5.32 Å². The van der Waals surface area contributed by atoms with Gasteiger partial charge in [-0.25, -0.2) is 13.1 Å². The van der Waals surface area contributed by atoms with Crippen LogP contribution in [0, 0.1) is 0 Å². The molecule has 0 aliphatic heterocycles. The predicted octanol–water partition coefficient (Wildman–Crippen LogP) is 3.02. The maximum atomic E-state index is 12.1. The lowest BCUT2D eigenvalue weighted by Gasteiger charge is -2.09. The number of hydrogen-bond acceptors (Lipinski definition) is 4. The summed E-state index contributed by atoms with van der Waals surface area (Å²) in [5, 5.41) is 3.08. The molecule has 2 aromatic carbocycles. The Morgan fingerprint density at radius 3 is 2.70 bits per heavy atom. The number of fused-ring (bicyclic) bond motifs is 1. The summed E-state index contributed by atoms with van der Waals surface area (Å²) < 4.78 is 26.7. The van der Waals surface area contributed by atoms with Gasteiger partial charge in [-0.15, -0.1) is 11.8 Å². The van der Waals surface area contributed by atoms with Gasteiger partial charge >= 0.3 is 0 Å². The SMILES string of the molecule is O=C(CSc1ccc2c(c1)CCC2)NCCNS(=O)(=O)c1cccc(Cl)c1. The number of amides is 1. The minimum Gasteiger partial charge on any atom is -0.354 e. The second kappa shape index (κ2) is 9.10. The predicted molar refractivity (Wildman–Crippen MR) is 109 cm³/mol. The van der Waals surface area contributed by atoms with E-state index in [0.29, 0.717) is 10.8 Å². The summed E-state index contributed by atoms with van der Waals surface area (Å²) >= 11 is 7.31. The number of sulfonamides is 1. The minimum absolute atomic E-state index is 0.105. The normalized spacial score (nSPS) is 13.4. The van der Waals surface area contributed by atoms with Crippen LogP contribution in [0.25, 0.3) is 0 Å². The third-order valence-corrected chi connectivity index (χ3v) is 6.97. The molecular weight excluding hydrogens is 404 g/mol. The summed E-state index contributed by atoms with van der Waals surface area (Å²) in [4.78, 5) is 13.2. The van der Waals surface area contributed by atoms with Crippen molar-refractivity contribution in [2.24, 2.45) is 0 Å². The molecule has 5 nitrogen and oxygen atoms in total. The van der Waals surface area contributed by atoms with Crippen molar-refractivity contribution >= 4 is 39.3 Å².